The highest BCUT2D eigenvalue weighted by Crippen LogP contribution is 2.37. The molecule has 0 unspecified atom stereocenters. The zero-order valence-electron chi connectivity index (χ0n) is 17.5. The van der Waals surface area contributed by atoms with Gasteiger partial charge >= 0.3 is 0 Å². The fourth-order valence-corrected chi connectivity index (χ4v) is 5.59. The van der Waals surface area contributed by atoms with Crippen LogP contribution in [0.1, 0.15) is 27.1 Å². The number of fused-ring (bicyclic) bond motifs is 1. The second-order valence-electron chi connectivity index (χ2n) is 7.79. The van der Waals surface area contributed by atoms with E-state index in [0.29, 0.717) is 47.7 Å². The third kappa shape index (κ3) is 5.29. The van der Waals surface area contributed by atoms with E-state index in [0.717, 1.165) is 10.4 Å². The first kappa shape index (κ1) is 23.1. The first-order valence-corrected chi connectivity index (χ1v) is 12.5. The Hall–Kier alpha value is -3.10. The number of hydrogen-bond donors (Lipinski definition) is 2. The highest BCUT2D eigenvalue weighted by molar-refractivity contribution is 7.89. The molecule has 0 radical (unpaired) electrons. The van der Waals surface area contributed by atoms with Crippen LogP contribution in [0.2, 0.25) is 0 Å². The number of hydrogen-bond acceptors (Lipinski definition) is 6. The number of nitrogens with zero attached hydrogens (tertiary/aromatic N) is 2. The van der Waals surface area contributed by atoms with Gasteiger partial charge in [-0.15, -0.1) is 11.3 Å². The average molecular weight is 485 g/mol. The number of nitrogens with two attached hydrogens (primary N) is 1. The number of halogens is 1. The van der Waals surface area contributed by atoms with Crippen molar-refractivity contribution in [2.45, 2.75) is 30.8 Å². The van der Waals surface area contributed by atoms with Crippen LogP contribution in [0.3, 0.4) is 0 Å². The molecule has 170 valence electrons. The molecule has 0 saturated carbocycles. The Kier molecular flexibility index (Phi) is 6.58. The normalized spacial score (nSPS) is 13.8. The van der Waals surface area contributed by atoms with Crippen molar-refractivity contribution < 1.29 is 17.6 Å². The summed E-state index contributed by atoms with van der Waals surface area (Å²) in [7, 11) is -3.79. The number of sulfonamides is 1. The number of benzene rings is 2. The van der Waals surface area contributed by atoms with Crippen molar-refractivity contribution >= 4 is 32.3 Å². The number of anilines is 1. The van der Waals surface area contributed by atoms with Crippen molar-refractivity contribution in [1.82, 2.24) is 4.90 Å². The van der Waals surface area contributed by atoms with Gasteiger partial charge in [-0.25, -0.2) is 17.9 Å². The van der Waals surface area contributed by atoms with Gasteiger partial charge in [-0.05, 0) is 35.7 Å². The zero-order chi connectivity index (χ0) is 23.6. The Bertz CT molecular complexity index is 1350. The lowest BCUT2D eigenvalue weighted by Gasteiger charge is -2.26. The minimum atomic E-state index is -3.79. The molecule has 7 nitrogen and oxygen atoms in total. The van der Waals surface area contributed by atoms with Gasteiger partial charge in [0.1, 0.15) is 16.9 Å². The minimum Gasteiger partial charge on any atom is -0.316 e. The molecule has 2 aromatic carbocycles. The van der Waals surface area contributed by atoms with Gasteiger partial charge in [-0.2, -0.15) is 5.26 Å². The fourth-order valence-electron chi connectivity index (χ4n) is 3.82. The van der Waals surface area contributed by atoms with Crippen LogP contribution in [-0.4, -0.2) is 25.8 Å². The molecule has 1 aliphatic rings. The highest BCUT2D eigenvalue weighted by Gasteiger charge is 2.25. The smallest absolute Gasteiger partial charge is 0.238 e. The molecule has 0 bridgehead atoms. The van der Waals surface area contributed by atoms with Crippen molar-refractivity contribution in [1.29, 1.82) is 5.26 Å². The second-order valence-corrected chi connectivity index (χ2v) is 10.5. The third-order valence-electron chi connectivity index (χ3n) is 5.47. The number of primary sulfonamides is 1. The second kappa shape index (κ2) is 9.41. The largest absolute Gasteiger partial charge is 0.316 e. The maximum atomic E-state index is 14.0. The van der Waals surface area contributed by atoms with Gasteiger partial charge in [-0.3, -0.25) is 9.69 Å². The summed E-state index contributed by atoms with van der Waals surface area (Å²) >= 11 is 1.36. The lowest BCUT2D eigenvalue weighted by molar-refractivity contribution is -0.115. The van der Waals surface area contributed by atoms with Gasteiger partial charge in [0.25, 0.3) is 0 Å². The van der Waals surface area contributed by atoms with Crippen LogP contribution in [0.25, 0.3) is 0 Å². The number of nitriles is 1. The Morgan fingerprint density at radius 3 is 2.61 bits per heavy atom. The topological polar surface area (TPSA) is 116 Å². The van der Waals surface area contributed by atoms with Crippen molar-refractivity contribution in [3.05, 3.63) is 81.5 Å². The molecule has 0 spiro atoms. The SMILES string of the molecule is N#Cc1c(NC(=O)Cc2ccc(S(N)(=O)=O)cc2)sc2c1CCN(Cc1ccccc1F)C2. The molecule has 4 rings (SSSR count). The summed E-state index contributed by atoms with van der Waals surface area (Å²) in [4.78, 5) is 15.7. The van der Waals surface area contributed by atoms with Crippen LogP contribution in [0.15, 0.2) is 53.4 Å². The Labute approximate surface area is 195 Å². The summed E-state index contributed by atoms with van der Waals surface area (Å²) in [5.41, 5.74) is 2.65. The van der Waals surface area contributed by atoms with E-state index in [-0.39, 0.29) is 23.0 Å². The summed E-state index contributed by atoms with van der Waals surface area (Å²) in [6, 6.07) is 14.7. The highest BCUT2D eigenvalue weighted by atomic mass is 32.2. The molecule has 1 amide bonds. The number of carbonyl (C=O) groups is 1. The molecule has 0 atom stereocenters. The number of thiophene rings is 1. The van der Waals surface area contributed by atoms with Crippen molar-refractivity contribution in [2.24, 2.45) is 5.14 Å². The van der Waals surface area contributed by atoms with E-state index in [9.17, 15) is 22.9 Å². The van der Waals surface area contributed by atoms with E-state index >= 15 is 0 Å². The fraction of sp³-hybridized carbons (Fsp3) is 0.217. The van der Waals surface area contributed by atoms with Gasteiger partial charge in [0.2, 0.25) is 15.9 Å². The number of rotatable bonds is 6. The van der Waals surface area contributed by atoms with Crippen molar-refractivity contribution in [2.75, 3.05) is 11.9 Å². The van der Waals surface area contributed by atoms with Crippen LogP contribution in [0, 0.1) is 17.1 Å². The molecular formula is C23H21FN4O3S2. The van der Waals surface area contributed by atoms with Crippen LogP contribution in [-0.2, 0) is 40.7 Å². The first-order chi connectivity index (χ1) is 15.7. The quantitative estimate of drug-likeness (QED) is 0.558. The maximum absolute atomic E-state index is 14.0. The van der Waals surface area contributed by atoms with Gasteiger partial charge in [0.05, 0.1) is 16.9 Å². The molecule has 33 heavy (non-hydrogen) atoms. The molecular weight excluding hydrogens is 463 g/mol. The molecule has 1 aromatic heterocycles. The summed E-state index contributed by atoms with van der Waals surface area (Å²) in [5.74, 6) is -0.547. The van der Waals surface area contributed by atoms with E-state index in [1.165, 1.54) is 41.7 Å². The average Bonchev–Trinajstić information content (AvgIpc) is 3.11. The van der Waals surface area contributed by atoms with Crippen molar-refractivity contribution in [3.63, 3.8) is 0 Å². The number of amides is 1. The summed E-state index contributed by atoms with van der Waals surface area (Å²) in [5, 5.41) is 18.1. The Balaban J connectivity index is 1.45. The van der Waals surface area contributed by atoms with Crippen molar-refractivity contribution in [3.8, 4) is 6.07 Å². The van der Waals surface area contributed by atoms with Gasteiger partial charge in [0.15, 0.2) is 0 Å². The lowest BCUT2D eigenvalue weighted by Crippen LogP contribution is -2.29. The van der Waals surface area contributed by atoms with Crippen LogP contribution < -0.4 is 10.5 Å². The molecule has 0 saturated heterocycles. The van der Waals surface area contributed by atoms with Crippen LogP contribution in [0.4, 0.5) is 9.39 Å². The zero-order valence-corrected chi connectivity index (χ0v) is 19.2. The predicted octanol–water partition coefficient (Wildman–Crippen LogP) is 3.15. The molecule has 1 aliphatic heterocycles. The summed E-state index contributed by atoms with van der Waals surface area (Å²) in [6.07, 6.45) is 0.672. The molecule has 3 aromatic rings. The van der Waals surface area contributed by atoms with E-state index in [2.05, 4.69) is 16.3 Å². The maximum Gasteiger partial charge on any atom is 0.238 e. The monoisotopic (exact) mass is 484 g/mol. The van der Waals surface area contributed by atoms with Gasteiger partial charge in [-0.1, -0.05) is 30.3 Å². The molecule has 0 fully saturated rings. The molecule has 10 heteroatoms. The Morgan fingerprint density at radius 2 is 1.94 bits per heavy atom. The standard InChI is InChI=1S/C23H21FN4O3S2/c24-20-4-2-1-3-16(20)13-28-10-9-18-19(12-25)23(32-21(18)14-28)27-22(29)11-15-5-7-17(8-6-15)33(26,30)31/h1-8H,9-11,13-14H2,(H,27,29)(H2,26,30,31). The third-order valence-corrected chi connectivity index (χ3v) is 7.53. The summed E-state index contributed by atoms with van der Waals surface area (Å²) in [6.45, 7) is 1.74. The molecule has 2 heterocycles. The first-order valence-electron chi connectivity index (χ1n) is 10.2. The van der Waals surface area contributed by atoms with Crippen LogP contribution >= 0.6 is 11.3 Å². The van der Waals surface area contributed by atoms with E-state index in [1.807, 2.05) is 6.07 Å². The molecule has 0 aliphatic carbocycles. The van der Waals surface area contributed by atoms with Gasteiger partial charge < -0.3 is 5.32 Å². The van der Waals surface area contributed by atoms with Gasteiger partial charge in [0, 0.05) is 30.1 Å². The molecule has 3 N–H and O–H groups in total. The minimum absolute atomic E-state index is 0.0238. The van der Waals surface area contributed by atoms with Crippen LogP contribution in [0.5, 0.6) is 0 Å². The Morgan fingerprint density at radius 1 is 1.21 bits per heavy atom. The lowest BCUT2D eigenvalue weighted by atomic mass is 10.0. The number of nitrogens with one attached hydrogen (secondary N) is 1. The van der Waals surface area contributed by atoms with E-state index in [1.54, 1.807) is 12.1 Å². The van der Waals surface area contributed by atoms with E-state index < -0.39 is 10.0 Å². The summed E-state index contributed by atoms with van der Waals surface area (Å²) < 4.78 is 36.7. The predicted molar refractivity (Wildman–Crippen MR) is 123 cm³/mol. The number of carbonyl (C=O) groups excluding carboxylic acids is 1. The van der Waals surface area contributed by atoms with E-state index in [4.69, 9.17) is 5.14 Å².